The average Bonchev–Trinajstić information content (AvgIpc) is 3.74. The summed E-state index contributed by atoms with van der Waals surface area (Å²) in [5.41, 5.74) is -1.13. The molecule has 53 heavy (non-hydrogen) atoms. The molecule has 2 aliphatic heterocycles. The molecule has 2 fully saturated rings. The molecular weight excluding hydrogens is 849 g/mol. The molecule has 12 nitrogen and oxygen atoms in total. The monoisotopic (exact) mass is 874 g/mol. The van der Waals surface area contributed by atoms with E-state index in [-0.39, 0.29) is 34.5 Å². The number of nitrogens with zero attached hydrogens (tertiary/aromatic N) is 9. The maximum absolute atomic E-state index is 12.8. The number of rotatable bonds is 5. The van der Waals surface area contributed by atoms with Crippen molar-refractivity contribution in [3.05, 3.63) is 75.9 Å². The first-order chi connectivity index (χ1) is 24.5. The number of likely N-dealkylation sites (tertiary alicyclic amines) is 2. The number of aromatic amines is 1. The van der Waals surface area contributed by atoms with E-state index >= 15 is 0 Å². The number of amides is 2. The Morgan fingerprint density at radius 3 is 1.72 bits per heavy atom. The van der Waals surface area contributed by atoms with Crippen molar-refractivity contribution in [2.45, 2.75) is 38.0 Å². The Kier molecular flexibility index (Phi) is 12.3. The Balaban J connectivity index is 0.000000197. The Labute approximate surface area is 306 Å². The quantitative estimate of drug-likeness (QED) is 0.142. The summed E-state index contributed by atoms with van der Waals surface area (Å²) in [5, 5.41) is 10.0. The van der Waals surface area contributed by atoms with Gasteiger partial charge in [-0.2, -0.15) is 31.4 Å². The Morgan fingerprint density at radius 1 is 0.774 bits per heavy atom. The third-order valence-corrected chi connectivity index (χ3v) is 7.19. The van der Waals surface area contributed by atoms with Gasteiger partial charge in [-0.1, -0.05) is 22.6 Å². The molecule has 6 rings (SSSR count). The summed E-state index contributed by atoms with van der Waals surface area (Å²) in [7, 11) is 0. The van der Waals surface area contributed by atoms with Gasteiger partial charge in [-0.25, -0.2) is 42.2 Å². The molecule has 0 spiro atoms. The second-order valence-electron chi connectivity index (χ2n) is 11.4. The molecule has 0 unspecified atom stereocenters. The van der Waals surface area contributed by atoms with Gasteiger partial charge in [0.15, 0.2) is 11.6 Å². The maximum Gasteiger partial charge on any atom is 0.433 e. The molecule has 284 valence electrons. The summed E-state index contributed by atoms with van der Waals surface area (Å²) in [6.45, 7) is 0.746. The molecule has 0 bridgehead atoms. The zero-order valence-electron chi connectivity index (χ0n) is 27.1. The van der Waals surface area contributed by atoms with Gasteiger partial charge in [-0.05, 0) is 42.2 Å². The number of hydrogen-bond acceptors (Lipinski definition) is 8. The van der Waals surface area contributed by atoms with Crippen LogP contribution in [0.25, 0.3) is 29.0 Å². The standard InChI is InChI=1S/C15H12F5N5O.C9H7F3N4.C6H6F2INO/c1-9-4-10(5-11(22-9)15(18,19)20)13-21-8-25(23-13)3-2-12(26)24-6-14(16,17)7-24;1-5-2-6(8-13-4-14-16-8)3-7(15-5)9(10,11)12;7-6(8)3-10(4-6)5(11)1-2-9/h2-5,8H,6-7H2,1H3;2-4H,1H3,(H,13,14,16);1-2H,3-4H2/b3-2-;;2-1-. The molecule has 2 saturated heterocycles. The predicted octanol–water partition coefficient (Wildman–Crippen LogP) is 6.22. The van der Waals surface area contributed by atoms with Crippen molar-refractivity contribution in [3.8, 4) is 22.8 Å². The number of carbonyl (C=O) groups is 2. The van der Waals surface area contributed by atoms with Crippen molar-refractivity contribution in [3.63, 3.8) is 0 Å². The highest BCUT2D eigenvalue weighted by molar-refractivity contribution is 14.1. The van der Waals surface area contributed by atoms with Gasteiger partial charge in [0.25, 0.3) is 11.8 Å². The minimum absolute atomic E-state index is 0.00795. The highest BCUT2D eigenvalue weighted by atomic mass is 127. The van der Waals surface area contributed by atoms with Crippen molar-refractivity contribution < 1.29 is 53.5 Å². The van der Waals surface area contributed by atoms with Crippen LogP contribution in [0.15, 0.2) is 53.2 Å². The number of carbonyl (C=O) groups excluding carboxylic acids is 2. The van der Waals surface area contributed by atoms with Gasteiger partial charge in [0, 0.05) is 40.9 Å². The largest absolute Gasteiger partial charge is 0.433 e. The van der Waals surface area contributed by atoms with Crippen LogP contribution in [0.2, 0.25) is 0 Å². The van der Waals surface area contributed by atoms with Crippen LogP contribution in [0.3, 0.4) is 0 Å². The highest BCUT2D eigenvalue weighted by Crippen LogP contribution is 2.32. The highest BCUT2D eigenvalue weighted by Gasteiger charge is 2.46. The van der Waals surface area contributed by atoms with E-state index in [0.29, 0.717) is 5.56 Å². The fourth-order valence-electron chi connectivity index (χ4n) is 4.46. The topological polar surface area (TPSA) is 139 Å². The second-order valence-corrected chi connectivity index (χ2v) is 12.1. The van der Waals surface area contributed by atoms with Crippen LogP contribution in [0.4, 0.5) is 43.9 Å². The first kappa shape index (κ1) is 40.8. The number of aromatic nitrogens is 8. The van der Waals surface area contributed by atoms with Crippen LogP contribution < -0.4 is 0 Å². The van der Waals surface area contributed by atoms with Gasteiger partial charge >= 0.3 is 12.4 Å². The van der Waals surface area contributed by atoms with Crippen molar-refractivity contribution in [1.82, 2.24) is 49.7 Å². The van der Waals surface area contributed by atoms with Crippen LogP contribution in [0.5, 0.6) is 0 Å². The zero-order valence-corrected chi connectivity index (χ0v) is 29.3. The number of H-pyrrole nitrogens is 1. The van der Waals surface area contributed by atoms with Crippen LogP contribution in [0, 0.1) is 13.8 Å². The molecule has 2 amide bonds. The van der Waals surface area contributed by atoms with Gasteiger partial charge in [0.1, 0.15) is 24.0 Å². The molecule has 23 heteroatoms. The maximum atomic E-state index is 12.8. The predicted molar refractivity (Wildman–Crippen MR) is 174 cm³/mol. The average molecular weight is 874 g/mol. The fourth-order valence-corrected chi connectivity index (χ4v) is 4.77. The summed E-state index contributed by atoms with van der Waals surface area (Å²) >= 11 is 1.87. The number of hydrogen-bond donors (Lipinski definition) is 1. The number of aryl methyl sites for hydroxylation is 2. The zero-order chi connectivity index (χ0) is 39.4. The van der Waals surface area contributed by atoms with E-state index in [4.69, 9.17) is 0 Å². The number of halogens is 11. The van der Waals surface area contributed by atoms with Crippen LogP contribution in [0.1, 0.15) is 22.8 Å². The van der Waals surface area contributed by atoms with Gasteiger partial charge in [-0.15, -0.1) is 5.10 Å². The van der Waals surface area contributed by atoms with Crippen LogP contribution in [-0.4, -0.2) is 99.6 Å². The van der Waals surface area contributed by atoms with E-state index in [1.54, 1.807) is 0 Å². The molecule has 0 aromatic carbocycles. The van der Waals surface area contributed by atoms with Crippen molar-refractivity contribution in [1.29, 1.82) is 0 Å². The van der Waals surface area contributed by atoms with E-state index in [1.165, 1.54) is 55.0 Å². The van der Waals surface area contributed by atoms with E-state index in [9.17, 15) is 53.5 Å². The summed E-state index contributed by atoms with van der Waals surface area (Å²) in [4.78, 5) is 39.1. The number of nitrogens with one attached hydrogen (secondary N) is 1. The molecule has 0 radical (unpaired) electrons. The van der Waals surface area contributed by atoms with E-state index in [0.717, 1.165) is 32.7 Å². The molecule has 2 aliphatic rings. The molecule has 1 N–H and O–H groups in total. The molecule has 6 heterocycles. The van der Waals surface area contributed by atoms with Crippen molar-refractivity contribution in [2.75, 3.05) is 26.2 Å². The van der Waals surface area contributed by atoms with Gasteiger partial charge in [0.05, 0.1) is 26.2 Å². The van der Waals surface area contributed by atoms with Crippen molar-refractivity contribution in [2.24, 2.45) is 0 Å². The van der Waals surface area contributed by atoms with Gasteiger partial charge in [0.2, 0.25) is 11.8 Å². The third-order valence-electron chi connectivity index (χ3n) is 6.83. The van der Waals surface area contributed by atoms with E-state index < -0.39 is 67.7 Å². The minimum Gasteiger partial charge on any atom is -0.327 e. The third kappa shape index (κ3) is 11.5. The fraction of sp³-hybridized carbons (Fsp3) is 0.333. The lowest BCUT2D eigenvalue weighted by Crippen LogP contribution is -2.58. The summed E-state index contributed by atoms with van der Waals surface area (Å²) in [6.07, 6.45) is -3.14. The Hall–Kier alpha value is -4.97. The summed E-state index contributed by atoms with van der Waals surface area (Å²) < 4.78 is 128. The molecular formula is C30H25F10IN10O2. The lowest BCUT2D eigenvalue weighted by Gasteiger charge is -2.37. The lowest BCUT2D eigenvalue weighted by molar-refractivity contribution is -0.160. The molecule has 4 aromatic rings. The number of alkyl halides is 10. The smallest absolute Gasteiger partial charge is 0.327 e. The molecule has 0 saturated carbocycles. The molecule has 0 atom stereocenters. The molecule has 0 aliphatic carbocycles. The normalized spacial score (nSPS) is 16.3. The van der Waals surface area contributed by atoms with Gasteiger partial charge in [-0.3, -0.25) is 14.7 Å². The summed E-state index contributed by atoms with van der Waals surface area (Å²) in [6, 6.07) is 4.67. The first-order valence-corrected chi connectivity index (χ1v) is 16.0. The van der Waals surface area contributed by atoms with Crippen molar-refractivity contribution >= 4 is 40.6 Å². The Morgan fingerprint density at radius 2 is 1.26 bits per heavy atom. The Bertz CT molecular complexity index is 1960. The van der Waals surface area contributed by atoms with E-state index in [1.807, 2.05) is 22.6 Å². The summed E-state index contributed by atoms with van der Waals surface area (Å²) in [5.74, 6) is -6.18. The lowest BCUT2D eigenvalue weighted by atomic mass is 10.1. The molecule has 4 aromatic heterocycles. The minimum atomic E-state index is -4.60. The SMILES string of the molecule is Cc1cc(-c2ncn(/C=C\C(=O)N3CC(F)(F)C3)n2)cc(C(F)(F)F)n1.Cc1cc(-c2ncn[nH]2)cc(C(F)(F)F)n1.O=C(/C=C\I)N1CC(F)(F)C1. The second kappa shape index (κ2) is 16.0. The number of pyridine rings is 2. The van der Waals surface area contributed by atoms with Crippen LogP contribution in [-0.2, 0) is 21.9 Å². The van der Waals surface area contributed by atoms with Gasteiger partial charge < -0.3 is 9.80 Å². The van der Waals surface area contributed by atoms with Crippen LogP contribution >= 0.6 is 22.6 Å². The first-order valence-electron chi connectivity index (χ1n) is 14.7. The van der Waals surface area contributed by atoms with E-state index in [2.05, 4.69) is 35.2 Å².